The van der Waals surface area contributed by atoms with Crippen LogP contribution in [-0.4, -0.2) is 16.1 Å². The number of carbonyl (C=O) groups is 1. The zero-order valence-corrected chi connectivity index (χ0v) is 11.4. The Hall–Kier alpha value is -1.90. The molecular formula is C16H19NO2. The fourth-order valence-electron chi connectivity index (χ4n) is 2.34. The zero-order chi connectivity index (χ0) is 13.8. The second kappa shape index (κ2) is 5.83. The molecule has 100 valence electrons. The van der Waals surface area contributed by atoms with Gasteiger partial charge in [0.2, 0.25) is 0 Å². The normalized spacial score (nSPS) is 10.8. The molecule has 0 radical (unpaired) electrons. The smallest absolute Gasteiger partial charge is 0.307 e. The minimum absolute atomic E-state index is 0.0527. The van der Waals surface area contributed by atoms with E-state index in [2.05, 4.69) is 24.0 Å². The molecule has 1 aromatic carbocycles. The summed E-state index contributed by atoms with van der Waals surface area (Å²) in [6, 6.07) is 8.06. The Bertz CT molecular complexity index is 605. The standard InChI is InChI=1S/C16H19NO2/c1-3-4-5-12-6-7-15-14(9-12)13(10-16(18)19)8-11(2)17-15/h6-9H,3-5,10H2,1-2H3,(H,18,19). The molecule has 1 N–H and O–H groups in total. The van der Waals surface area contributed by atoms with Gasteiger partial charge < -0.3 is 5.11 Å². The third kappa shape index (κ3) is 3.31. The molecule has 0 atom stereocenters. The Morgan fingerprint density at radius 2 is 2.11 bits per heavy atom. The van der Waals surface area contributed by atoms with Crippen LogP contribution < -0.4 is 0 Å². The summed E-state index contributed by atoms with van der Waals surface area (Å²) in [5.74, 6) is -0.800. The van der Waals surface area contributed by atoms with Crippen molar-refractivity contribution in [2.45, 2.75) is 39.5 Å². The SMILES string of the molecule is CCCCc1ccc2nc(C)cc(CC(=O)O)c2c1. The molecule has 0 aliphatic carbocycles. The number of rotatable bonds is 5. The predicted octanol–water partition coefficient (Wildman–Crippen LogP) is 3.51. The summed E-state index contributed by atoms with van der Waals surface area (Å²) in [6.07, 6.45) is 3.40. The van der Waals surface area contributed by atoms with Crippen LogP contribution in [-0.2, 0) is 17.6 Å². The molecule has 0 unspecified atom stereocenters. The second-order valence-corrected chi connectivity index (χ2v) is 4.95. The van der Waals surface area contributed by atoms with Crippen molar-refractivity contribution in [1.29, 1.82) is 0 Å². The van der Waals surface area contributed by atoms with E-state index in [9.17, 15) is 4.79 Å². The molecule has 19 heavy (non-hydrogen) atoms. The second-order valence-electron chi connectivity index (χ2n) is 4.95. The molecule has 1 aromatic heterocycles. The van der Waals surface area contributed by atoms with Crippen molar-refractivity contribution in [3.8, 4) is 0 Å². The van der Waals surface area contributed by atoms with E-state index in [-0.39, 0.29) is 6.42 Å². The van der Waals surface area contributed by atoms with Crippen LogP contribution in [0.4, 0.5) is 0 Å². The summed E-state index contributed by atoms with van der Waals surface area (Å²) in [4.78, 5) is 15.4. The molecule has 0 fully saturated rings. The largest absolute Gasteiger partial charge is 0.481 e. The Labute approximate surface area is 113 Å². The van der Waals surface area contributed by atoms with E-state index in [1.807, 2.05) is 19.1 Å². The van der Waals surface area contributed by atoms with Crippen molar-refractivity contribution in [3.05, 3.63) is 41.1 Å². The van der Waals surface area contributed by atoms with E-state index < -0.39 is 5.97 Å². The van der Waals surface area contributed by atoms with Crippen molar-refractivity contribution in [2.24, 2.45) is 0 Å². The topological polar surface area (TPSA) is 50.2 Å². The average Bonchev–Trinajstić information content (AvgIpc) is 2.35. The lowest BCUT2D eigenvalue weighted by Crippen LogP contribution is -2.02. The summed E-state index contributed by atoms with van der Waals surface area (Å²) in [5.41, 5.74) is 3.86. The first-order valence-electron chi connectivity index (χ1n) is 6.71. The third-order valence-corrected chi connectivity index (χ3v) is 3.25. The lowest BCUT2D eigenvalue weighted by Gasteiger charge is -2.08. The maximum Gasteiger partial charge on any atom is 0.307 e. The van der Waals surface area contributed by atoms with Gasteiger partial charge in [0.25, 0.3) is 0 Å². The van der Waals surface area contributed by atoms with Gasteiger partial charge in [-0.15, -0.1) is 0 Å². The summed E-state index contributed by atoms with van der Waals surface area (Å²) in [5, 5.41) is 9.98. The van der Waals surface area contributed by atoms with Gasteiger partial charge >= 0.3 is 5.97 Å². The number of pyridine rings is 1. The Morgan fingerprint density at radius 3 is 2.79 bits per heavy atom. The quantitative estimate of drug-likeness (QED) is 0.891. The number of carboxylic acid groups (broad SMARTS) is 1. The van der Waals surface area contributed by atoms with Gasteiger partial charge in [-0.3, -0.25) is 9.78 Å². The van der Waals surface area contributed by atoms with E-state index in [0.717, 1.165) is 41.4 Å². The maximum absolute atomic E-state index is 11.0. The number of fused-ring (bicyclic) bond motifs is 1. The van der Waals surface area contributed by atoms with Crippen LogP contribution in [0.3, 0.4) is 0 Å². The van der Waals surface area contributed by atoms with E-state index >= 15 is 0 Å². The van der Waals surface area contributed by atoms with Crippen LogP contribution >= 0.6 is 0 Å². The minimum atomic E-state index is -0.800. The van der Waals surface area contributed by atoms with Crippen molar-refractivity contribution < 1.29 is 9.90 Å². The molecular weight excluding hydrogens is 238 g/mol. The van der Waals surface area contributed by atoms with Crippen molar-refractivity contribution in [1.82, 2.24) is 4.98 Å². The number of unbranched alkanes of at least 4 members (excludes halogenated alkanes) is 1. The van der Waals surface area contributed by atoms with Gasteiger partial charge in [0.15, 0.2) is 0 Å². The molecule has 0 bridgehead atoms. The number of aryl methyl sites for hydroxylation is 2. The van der Waals surface area contributed by atoms with Crippen molar-refractivity contribution in [2.75, 3.05) is 0 Å². The number of aliphatic carboxylic acids is 1. The highest BCUT2D eigenvalue weighted by molar-refractivity contribution is 5.86. The molecule has 1 heterocycles. The van der Waals surface area contributed by atoms with Gasteiger partial charge in [0.05, 0.1) is 11.9 Å². The summed E-state index contributed by atoms with van der Waals surface area (Å²) in [7, 11) is 0. The number of aromatic nitrogens is 1. The van der Waals surface area contributed by atoms with Crippen LogP contribution in [0.1, 0.15) is 36.6 Å². The molecule has 0 aliphatic rings. The monoisotopic (exact) mass is 257 g/mol. The van der Waals surface area contributed by atoms with Gasteiger partial charge in [0.1, 0.15) is 0 Å². The molecule has 0 saturated heterocycles. The predicted molar refractivity (Wildman–Crippen MR) is 76.4 cm³/mol. The first kappa shape index (κ1) is 13.5. The first-order chi connectivity index (χ1) is 9.10. The van der Waals surface area contributed by atoms with E-state index in [4.69, 9.17) is 5.11 Å². The number of hydrogen-bond donors (Lipinski definition) is 1. The van der Waals surface area contributed by atoms with Gasteiger partial charge in [-0.25, -0.2) is 0 Å². The van der Waals surface area contributed by atoms with Crippen LogP contribution in [0.15, 0.2) is 24.3 Å². The summed E-state index contributed by atoms with van der Waals surface area (Å²) < 4.78 is 0. The highest BCUT2D eigenvalue weighted by Gasteiger charge is 2.08. The Kier molecular flexibility index (Phi) is 4.15. The maximum atomic E-state index is 11.0. The van der Waals surface area contributed by atoms with Crippen LogP contribution in [0.2, 0.25) is 0 Å². The molecule has 2 aromatic rings. The number of nitrogens with zero attached hydrogens (tertiary/aromatic N) is 1. The van der Waals surface area contributed by atoms with Gasteiger partial charge in [0, 0.05) is 11.1 Å². The minimum Gasteiger partial charge on any atom is -0.481 e. The van der Waals surface area contributed by atoms with Gasteiger partial charge in [-0.05, 0) is 49.1 Å². The molecule has 0 amide bonds. The summed E-state index contributed by atoms with van der Waals surface area (Å²) >= 11 is 0. The lowest BCUT2D eigenvalue weighted by molar-refractivity contribution is -0.136. The molecule has 0 saturated carbocycles. The van der Waals surface area contributed by atoms with Crippen LogP contribution in [0.25, 0.3) is 10.9 Å². The number of benzene rings is 1. The van der Waals surface area contributed by atoms with E-state index in [1.165, 1.54) is 5.56 Å². The Balaban J connectivity index is 2.48. The summed E-state index contributed by atoms with van der Waals surface area (Å²) in [6.45, 7) is 4.07. The highest BCUT2D eigenvalue weighted by Crippen LogP contribution is 2.21. The molecule has 0 aliphatic heterocycles. The van der Waals surface area contributed by atoms with E-state index in [1.54, 1.807) is 0 Å². The number of carboxylic acids is 1. The number of hydrogen-bond acceptors (Lipinski definition) is 2. The van der Waals surface area contributed by atoms with Gasteiger partial charge in [-0.2, -0.15) is 0 Å². The highest BCUT2D eigenvalue weighted by atomic mass is 16.4. The fourth-order valence-corrected chi connectivity index (χ4v) is 2.34. The average molecular weight is 257 g/mol. The zero-order valence-electron chi connectivity index (χ0n) is 11.4. The van der Waals surface area contributed by atoms with Crippen molar-refractivity contribution >= 4 is 16.9 Å². The molecule has 2 rings (SSSR count). The van der Waals surface area contributed by atoms with Crippen molar-refractivity contribution in [3.63, 3.8) is 0 Å². The van der Waals surface area contributed by atoms with E-state index in [0.29, 0.717) is 0 Å². The van der Waals surface area contributed by atoms with Crippen LogP contribution in [0.5, 0.6) is 0 Å². The molecule has 3 nitrogen and oxygen atoms in total. The Morgan fingerprint density at radius 1 is 1.32 bits per heavy atom. The first-order valence-corrected chi connectivity index (χ1v) is 6.71. The lowest BCUT2D eigenvalue weighted by atomic mass is 10.0. The van der Waals surface area contributed by atoms with Crippen LogP contribution in [0, 0.1) is 6.92 Å². The molecule has 3 heteroatoms. The molecule has 0 spiro atoms. The fraction of sp³-hybridized carbons (Fsp3) is 0.375. The third-order valence-electron chi connectivity index (χ3n) is 3.25. The van der Waals surface area contributed by atoms with Gasteiger partial charge in [-0.1, -0.05) is 19.4 Å².